The minimum absolute atomic E-state index is 0.255. The van der Waals surface area contributed by atoms with Crippen molar-refractivity contribution in [3.8, 4) is 22.8 Å². The minimum atomic E-state index is 0.255. The summed E-state index contributed by atoms with van der Waals surface area (Å²) in [5.74, 6) is 0.527. The van der Waals surface area contributed by atoms with Gasteiger partial charge in [-0.3, -0.25) is 0 Å². The van der Waals surface area contributed by atoms with Crippen molar-refractivity contribution in [2.75, 3.05) is 34.2 Å². The van der Waals surface area contributed by atoms with Crippen LogP contribution in [-0.4, -0.2) is 59.3 Å². The summed E-state index contributed by atoms with van der Waals surface area (Å²) in [7, 11) is 6.00. The zero-order valence-corrected chi connectivity index (χ0v) is 17.1. The van der Waals surface area contributed by atoms with E-state index < -0.39 is 0 Å². The highest BCUT2D eigenvalue weighted by molar-refractivity contribution is 6.00. The number of rotatable bonds is 7. The fourth-order valence-corrected chi connectivity index (χ4v) is 4.04. The molecule has 0 bridgehead atoms. The van der Waals surface area contributed by atoms with E-state index in [1.165, 1.54) is 0 Å². The van der Waals surface area contributed by atoms with Crippen molar-refractivity contribution in [2.24, 2.45) is 0 Å². The van der Waals surface area contributed by atoms with Crippen molar-refractivity contribution in [3.63, 3.8) is 0 Å². The second-order valence-electron chi connectivity index (χ2n) is 7.78. The second-order valence-corrected chi connectivity index (χ2v) is 7.78. The first-order valence-electron chi connectivity index (χ1n) is 9.95. The number of phenolic OH excluding ortho intramolecular Hbond substituents is 2. The highest BCUT2D eigenvalue weighted by Crippen LogP contribution is 2.42. The molecule has 4 aromatic rings. The molecule has 0 aliphatic rings. The molecule has 0 aliphatic carbocycles. The Morgan fingerprint density at radius 1 is 1.00 bits per heavy atom. The van der Waals surface area contributed by atoms with Gasteiger partial charge in [0, 0.05) is 40.1 Å². The van der Waals surface area contributed by atoms with E-state index in [-0.39, 0.29) is 11.5 Å². The number of H-pyrrole nitrogens is 2. The molecule has 0 aliphatic heterocycles. The molecule has 2 heterocycles. The third-order valence-corrected chi connectivity index (χ3v) is 5.53. The van der Waals surface area contributed by atoms with E-state index in [0.717, 1.165) is 70.1 Å². The van der Waals surface area contributed by atoms with Crippen LogP contribution in [0.5, 0.6) is 11.5 Å². The summed E-state index contributed by atoms with van der Waals surface area (Å²) in [6, 6.07) is 9.44. The Balaban J connectivity index is 1.90. The third kappa shape index (κ3) is 3.45. The average Bonchev–Trinajstić information content (AvgIpc) is 3.27. The molecule has 2 aromatic heterocycles. The quantitative estimate of drug-likeness (QED) is 0.333. The van der Waals surface area contributed by atoms with Gasteiger partial charge >= 0.3 is 0 Å². The zero-order valence-electron chi connectivity index (χ0n) is 17.1. The fraction of sp³-hybridized carbons (Fsp3) is 0.304. The minimum Gasteiger partial charge on any atom is -0.507 e. The number of aromatic hydroxyl groups is 2. The molecule has 5 N–H and O–H groups in total. The van der Waals surface area contributed by atoms with E-state index in [9.17, 15) is 10.2 Å². The van der Waals surface area contributed by atoms with Gasteiger partial charge in [-0.05, 0) is 75.9 Å². The maximum Gasteiger partial charge on any atom is 0.134 e. The second kappa shape index (κ2) is 7.81. The van der Waals surface area contributed by atoms with Crippen molar-refractivity contribution in [1.82, 2.24) is 20.2 Å². The van der Waals surface area contributed by atoms with Gasteiger partial charge in [0.1, 0.15) is 11.5 Å². The molecule has 6 heteroatoms. The van der Waals surface area contributed by atoms with Crippen molar-refractivity contribution >= 4 is 21.8 Å². The lowest BCUT2D eigenvalue weighted by Crippen LogP contribution is -2.14. The Kier molecular flexibility index (Phi) is 5.22. The summed E-state index contributed by atoms with van der Waals surface area (Å²) in [5, 5.41) is 26.6. The first-order valence-corrected chi connectivity index (χ1v) is 9.95. The van der Waals surface area contributed by atoms with Crippen LogP contribution < -0.4 is 5.32 Å². The van der Waals surface area contributed by atoms with Crippen LogP contribution >= 0.6 is 0 Å². The molecule has 0 radical (unpaired) electrons. The Bertz CT molecular complexity index is 1160. The molecule has 152 valence electrons. The van der Waals surface area contributed by atoms with Crippen LogP contribution in [-0.2, 0) is 12.8 Å². The summed E-state index contributed by atoms with van der Waals surface area (Å²) in [4.78, 5) is 8.84. The summed E-state index contributed by atoms with van der Waals surface area (Å²) in [6.07, 6.45) is 3.57. The van der Waals surface area contributed by atoms with Crippen molar-refractivity contribution in [1.29, 1.82) is 0 Å². The number of likely N-dealkylation sites (N-methyl/N-ethyl adjacent to an activating group) is 2. The van der Waals surface area contributed by atoms with Crippen LogP contribution in [0.25, 0.3) is 33.1 Å². The van der Waals surface area contributed by atoms with Gasteiger partial charge in [-0.25, -0.2) is 0 Å². The van der Waals surface area contributed by atoms with Crippen LogP contribution in [0.1, 0.15) is 11.1 Å². The normalized spacial score (nSPS) is 11.9. The summed E-state index contributed by atoms with van der Waals surface area (Å²) < 4.78 is 0. The smallest absolute Gasteiger partial charge is 0.134 e. The van der Waals surface area contributed by atoms with Crippen LogP contribution in [0.3, 0.4) is 0 Å². The maximum atomic E-state index is 11.3. The average molecular weight is 393 g/mol. The Morgan fingerprint density at radius 2 is 1.83 bits per heavy atom. The van der Waals surface area contributed by atoms with E-state index >= 15 is 0 Å². The lowest BCUT2D eigenvalue weighted by Gasteiger charge is -2.11. The van der Waals surface area contributed by atoms with Gasteiger partial charge in [0.25, 0.3) is 0 Å². The molecular formula is C23H28N4O2. The van der Waals surface area contributed by atoms with E-state index in [1.807, 2.05) is 51.6 Å². The van der Waals surface area contributed by atoms with E-state index in [1.54, 1.807) is 6.07 Å². The Labute approximate surface area is 170 Å². The molecule has 4 rings (SSSR count). The fourth-order valence-electron chi connectivity index (χ4n) is 4.04. The third-order valence-electron chi connectivity index (χ3n) is 5.53. The number of aromatic nitrogens is 2. The molecule has 0 saturated heterocycles. The topological polar surface area (TPSA) is 87.3 Å². The predicted octanol–water partition coefficient (Wildman–Crippen LogP) is 3.59. The SMILES string of the molecule is CNCCc1c(-c2ccc3[nH]cc(CCN(C)C)c3c2O)[nH]c2cccc(O)c12. The highest BCUT2D eigenvalue weighted by atomic mass is 16.3. The maximum absolute atomic E-state index is 11.3. The van der Waals surface area contributed by atoms with Crippen LogP contribution in [0.15, 0.2) is 36.5 Å². The number of nitrogens with one attached hydrogen (secondary N) is 3. The van der Waals surface area contributed by atoms with Crippen LogP contribution in [0.4, 0.5) is 0 Å². The first-order chi connectivity index (χ1) is 14.0. The van der Waals surface area contributed by atoms with Gasteiger partial charge in [0.15, 0.2) is 0 Å². The zero-order chi connectivity index (χ0) is 20.5. The van der Waals surface area contributed by atoms with E-state index in [2.05, 4.69) is 20.2 Å². The monoisotopic (exact) mass is 392 g/mol. The van der Waals surface area contributed by atoms with Crippen LogP contribution in [0, 0.1) is 0 Å². The number of aromatic amines is 2. The number of hydrogen-bond acceptors (Lipinski definition) is 4. The molecule has 0 spiro atoms. The summed E-state index contributed by atoms with van der Waals surface area (Å²) in [6.45, 7) is 1.68. The molecule has 0 amide bonds. The molecular weight excluding hydrogens is 364 g/mol. The molecule has 6 nitrogen and oxygen atoms in total. The summed E-state index contributed by atoms with van der Waals surface area (Å²) >= 11 is 0. The Hall–Kier alpha value is -2.96. The first kappa shape index (κ1) is 19.4. The lowest BCUT2D eigenvalue weighted by molar-refractivity contribution is 0.414. The highest BCUT2D eigenvalue weighted by Gasteiger charge is 2.20. The number of nitrogens with zero attached hydrogens (tertiary/aromatic N) is 1. The molecule has 0 unspecified atom stereocenters. The van der Waals surface area contributed by atoms with Gasteiger partial charge in [0.2, 0.25) is 0 Å². The van der Waals surface area contributed by atoms with Crippen molar-refractivity contribution in [3.05, 3.63) is 47.7 Å². The van der Waals surface area contributed by atoms with Gasteiger partial charge in [-0.2, -0.15) is 0 Å². The van der Waals surface area contributed by atoms with Gasteiger partial charge in [-0.15, -0.1) is 0 Å². The number of fused-ring (bicyclic) bond motifs is 2. The van der Waals surface area contributed by atoms with Crippen molar-refractivity contribution in [2.45, 2.75) is 12.8 Å². The van der Waals surface area contributed by atoms with Gasteiger partial charge in [-0.1, -0.05) is 6.07 Å². The standard InChI is InChI=1S/C23H28N4O2/c1-24-11-9-15-21-18(5-4-6-19(21)28)26-22(15)16-7-8-17-20(23(16)29)14(13-25-17)10-12-27(2)3/h4-8,13,24-26,28-29H,9-12H2,1-3H3. The van der Waals surface area contributed by atoms with Gasteiger partial charge < -0.3 is 30.4 Å². The molecule has 0 atom stereocenters. The van der Waals surface area contributed by atoms with Gasteiger partial charge in [0.05, 0.1) is 5.69 Å². The molecule has 0 saturated carbocycles. The van der Waals surface area contributed by atoms with Crippen molar-refractivity contribution < 1.29 is 10.2 Å². The molecule has 2 aromatic carbocycles. The summed E-state index contributed by atoms with van der Waals surface area (Å²) in [5.41, 5.74) is 5.51. The lowest BCUT2D eigenvalue weighted by atomic mass is 9.98. The molecule has 0 fully saturated rings. The Morgan fingerprint density at radius 3 is 2.59 bits per heavy atom. The largest absolute Gasteiger partial charge is 0.507 e. The number of benzene rings is 2. The number of phenols is 2. The van der Waals surface area contributed by atoms with E-state index in [4.69, 9.17) is 0 Å². The predicted molar refractivity (Wildman–Crippen MR) is 119 cm³/mol. The molecule has 29 heavy (non-hydrogen) atoms. The van der Waals surface area contributed by atoms with Crippen LogP contribution in [0.2, 0.25) is 0 Å². The number of hydrogen-bond donors (Lipinski definition) is 5. The van der Waals surface area contributed by atoms with E-state index in [0.29, 0.717) is 0 Å².